The molecule has 24 heavy (non-hydrogen) atoms. The topological polar surface area (TPSA) is 45.2 Å². The number of rotatable bonds is 3. The lowest BCUT2D eigenvalue weighted by Gasteiger charge is -2.20. The van der Waals surface area contributed by atoms with Crippen LogP contribution in [0.15, 0.2) is 35.8 Å². The van der Waals surface area contributed by atoms with Crippen molar-refractivity contribution in [2.24, 2.45) is 5.92 Å². The number of benzene rings is 1. The Morgan fingerprint density at radius 2 is 2.21 bits per heavy atom. The summed E-state index contributed by atoms with van der Waals surface area (Å²) in [4.78, 5) is 18.2. The van der Waals surface area contributed by atoms with Crippen LogP contribution in [0.1, 0.15) is 23.6 Å². The van der Waals surface area contributed by atoms with Gasteiger partial charge in [0.1, 0.15) is 0 Å². The van der Waals surface area contributed by atoms with Crippen molar-refractivity contribution in [1.82, 2.24) is 9.88 Å². The van der Waals surface area contributed by atoms with E-state index in [2.05, 4.69) is 10.3 Å². The van der Waals surface area contributed by atoms with Gasteiger partial charge in [-0.3, -0.25) is 9.69 Å². The maximum Gasteiger partial charge on any atom is 0.416 e. The molecule has 0 unspecified atom stereocenters. The van der Waals surface area contributed by atoms with Crippen molar-refractivity contribution in [2.75, 3.05) is 18.9 Å². The molecule has 8 heteroatoms. The van der Waals surface area contributed by atoms with Crippen LogP contribution in [0.5, 0.6) is 0 Å². The van der Waals surface area contributed by atoms with Gasteiger partial charge in [0.15, 0.2) is 5.13 Å². The Bertz CT molecular complexity index is 718. The minimum Gasteiger partial charge on any atom is -0.302 e. The third-order valence-corrected chi connectivity index (χ3v) is 4.87. The zero-order valence-electron chi connectivity index (χ0n) is 12.9. The van der Waals surface area contributed by atoms with Crippen molar-refractivity contribution in [2.45, 2.75) is 18.6 Å². The molecule has 3 rings (SSSR count). The number of carbonyl (C=O) groups excluding carboxylic acids is 1. The van der Waals surface area contributed by atoms with Gasteiger partial charge in [-0.25, -0.2) is 4.98 Å². The van der Waals surface area contributed by atoms with Gasteiger partial charge in [-0.15, -0.1) is 11.3 Å². The molecule has 1 amide bonds. The maximum absolute atomic E-state index is 12.9. The van der Waals surface area contributed by atoms with Crippen LogP contribution in [0.3, 0.4) is 0 Å². The lowest BCUT2D eigenvalue weighted by atomic mass is 9.98. The zero-order chi connectivity index (χ0) is 17.3. The van der Waals surface area contributed by atoms with Crippen LogP contribution in [0.25, 0.3) is 0 Å². The van der Waals surface area contributed by atoms with Crippen molar-refractivity contribution in [3.05, 3.63) is 47.0 Å². The minimum atomic E-state index is -4.37. The number of aromatic nitrogens is 1. The molecule has 4 nitrogen and oxygen atoms in total. The van der Waals surface area contributed by atoms with Crippen molar-refractivity contribution in [1.29, 1.82) is 0 Å². The highest BCUT2D eigenvalue weighted by molar-refractivity contribution is 7.13. The number of anilines is 1. The van der Waals surface area contributed by atoms with Crippen LogP contribution in [-0.4, -0.2) is 29.4 Å². The molecule has 2 heterocycles. The number of amides is 1. The van der Waals surface area contributed by atoms with Crippen LogP contribution >= 0.6 is 11.3 Å². The fraction of sp³-hybridized carbons (Fsp3) is 0.375. The van der Waals surface area contributed by atoms with Crippen LogP contribution in [0, 0.1) is 5.92 Å². The normalized spacial score (nSPS) is 21.8. The third kappa shape index (κ3) is 3.59. The summed E-state index contributed by atoms with van der Waals surface area (Å²) in [5.74, 6) is -0.426. The van der Waals surface area contributed by atoms with Crippen LogP contribution < -0.4 is 5.32 Å². The minimum absolute atomic E-state index is 0.147. The Kier molecular flexibility index (Phi) is 4.60. The molecule has 1 aliphatic rings. The number of nitrogens with zero attached hydrogens (tertiary/aromatic N) is 2. The molecule has 1 saturated heterocycles. The number of hydrogen-bond donors (Lipinski definition) is 1. The zero-order valence-corrected chi connectivity index (χ0v) is 13.7. The van der Waals surface area contributed by atoms with Gasteiger partial charge in [-0.1, -0.05) is 12.1 Å². The summed E-state index contributed by atoms with van der Waals surface area (Å²) in [5, 5.41) is 5.05. The van der Waals surface area contributed by atoms with Gasteiger partial charge in [0, 0.05) is 24.2 Å². The highest BCUT2D eigenvalue weighted by Gasteiger charge is 2.36. The SMILES string of the molecule is CN1C[C@H](C(=O)Nc2nccs2)C[C@H]1c1cccc(C(F)(F)F)c1. The van der Waals surface area contributed by atoms with Gasteiger partial charge in [-0.2, -0.15) is 13.2 Å². The van der Waals surface area contributed by atoms with Gasteiger partial charge in [-0.05, 0) is 31.2 Å². The van der Waals surface area contributed by atoms with E-state index in [1.165, 1.54) is 23.5 Å². The molecular formula is C16H16F3N3OS. The number of likely N-dealkylation sites (tertiary alicyclic amines) is 1. The molecule has 1 fully saturated rings. The molecule has 128 valence electrons. The van der Waals surface area contributed by atoms with E-state index in [-0.39, 0.29) is 17.9 Å². The molecule has 1 aromatic heterocycles. The third-order valence-electron chi connectivity index (χ3n) is 4.18. The second kappa shape index (κ2) is 6.52. The Morgan fingerprint density at radius 1 is 1.42 bits per heavy atom. The highest BCUT2D eigenvalue weighted by atomic mass is 32.1. The Morgan fingerprint density at radius 3 is 2.88 bits per heavy atom. The first-order valence-corrected chi connectivity index (χ1v) is 8.30. The molecular weight excluding hydrogens is 339 g/mol. The average Bonchev–Trinajstić information content (AvgIpc) is 3.16. The molecule has 2 aromatic rings. The van der Waals surface area contributed by atoms with E-state index < -0.39 is 11.7 Å². The summed E-state index contributed by atoms with van der Waals surface area (Å²) < 4.78 is 38.7. The fourth-order valence-corrected chi connectivity index (χ4v) is 3.53. The van der Waals surface area contributed by atoms with Gasteiger partial charge in [0.2, 0.25) is 5.91 Å². The summed E-state index contributed by atoms with van der Waals surface area (Å²) in [6.45, 7) is 0.498. The molecule has 1 N–H and O–H groups in total. The van der Waals surface area contributed by atoms with E-state index in [1.807, 2.05) is 11.9 Å². The Balaban J connectivity index is 1.73. The quantitative estimate of drug-likeness (QED) is 0.911. The monoisotopic (exact) mass is 355 g/mol. The lowest BCUT2D eigenvalue weighted by molar-refractivity contribution is -0.137. The molecule has 1 aromatic carbocycles. The van der Waals surface area contributed by atoms with Gasteiger partial charge in [0.05, 0.1) is 11.5 Å². The first kappa shape index (κ1) is 16.9. The number of hydrogen-bond acceptors (Lipinski definition) is 4. The van der Waals surface area contributed by atoms with E-state index in [0.717, 1.165) is 6.07 Å². The van der Waals surface area contributed by atoms with Gasteiger partial charge >= 0.3 is 6.18 Å². The molecule has 0 aliphatic carbocycles. The van der Waals surface area contributed by atoms with Gasteiger partial charge < -0.3 is 5.32 Å². The van der Waals surface area contributed by atoms with Crippen molar-refractivity contribution < 1.29 is 18.0 Å². The van der Waals surface area contributed by atoms with Crippen LogP contribution in [-0.2, 0) is 11.0 Å². The predicted octanol–water partition coefficient (Wildman–Crippen LogP) is 3.79. The first-order valence-electron chi connectivity index (χ1n) is 7.42. The molecule has 0 bridgehead atoms. The summed E-state index contributed by atoms with van der Waals surface area (Å²) in [6.07, 6.45) is -2.28. The van der Waals surface area contributed by atoms with E-state index in [4.69, 9.17) is 0 Å². The van der Waals surface area contributed by atoms with E-state index in [0.29, 0.717) is 23.7 Å². The maximum atomic E-state index is 12.9. The van der Waals surface area contributed by atoms with Gasteiger partial charge in [0.25, 0.3) is 0 Å². The van der Waals surface area contributed by atoms with E-state index >= 15 is 0 Å². The smallest absolute Gasteiger partial charge is 0.302 e. The standard InChI is InChI=1S/C16H16F3N3OS/c1-22-9-11(14(23)21-15-20-5-6-24-15)8-13(22)10-3-2-4-12(7-10)16(17,18)19/h2-7,11,13H,8-9H2,1H3,(H,20,21,23)/t11-,13+/m1/s1. The summed E-state index contributed by atoms with van der Waals surface area (Å²) in [6, 6.07) is 5.11. The average molecular weight is 355 g/mol. The molecule has 0 spiro atoms. The van der Waals surface area contributed by atoms with Crippen molar-refractivity contribution in [3.63, 3.8) is 0 Å². The Labute approximate surface area is 141 Å². The fourth-order valence-electron chi connectivity index (χ4n) is 2.99. The van der Waals surface area contributed by atoms with Crippen LogP contribution in [0.2, 0.25) is 0 Å². The number of halogens is 3. The van der Waals surface area contributed by atoms with E-state index in [9.17, 15) is 18.0 Å². The summed E-state index contributed by atoms with van der Waals surface area (Å²) >= 11 is 1.33. The summed E-state index contributed by atoms with van der Waals surface area (Å²) in [7, 11) is 1.82. The highest BCUT2D eigenvalue weighted by Crippen LogP contribution is 2.37. The number of alkyl halides is 3. The summed E-state index contributed by atoms with van der Waals surface area (Å²) in [5.41, 5.74) is -0.0824. The largest absolute Gasteiger partial charge is 0.416 e. The molecule has 0 radical (unpaired) electrons. The Hall–Kier alpha value is -1.93. The number of nitrogens with one attached hydrogen (secondary N) is 1. The second-order valence-corrected chi connectivity index (χ2v) is 6.73. The predicted molar refractivity (Wildman–Crippen MR) is 85.7 cm³/mol. The molecule has 0 saturated carbocycles. The second-order valence-electron chi connectivity index (χ2n) is 5.84. The first-order chi connectivity index (χ1) is 11.3. The molecule has 2 atom stereocenters. The van der Waals surface area contributed by atoms with Crippen molar-refractivity contribution in [3.8, 4) is 0 Å². The van der Waals surface area contributed by atoms with Crippen molar-refractivity contribution >= 4 is 22.4 Å². The van der Waals surface area contributed by atoms with E-state index in [1.54, 1.807) is 17.6 Å². The number of carbonyl (C=O) groups is 1. The van der Waals surface area contributed by atoms with Crippen LogP contribution in [0.4, 0.5) is 18.3 Å². The molecule has 1 aliphatic heterocycles. The number of thiazole rings is 1. The lowest BCUT2D eigenvalue weighted by Crippen LogP contribution is -2.25.